The summed E-state index contributed by atoms with van der Waals surface area (Å²) in [4.78, 5) is 24.1. The second-order valence-electron chi connectivity index (χ2n) is 6.23. The van der Waals surface area contributed by atoms with Crippen LogP contribution in [0.2, 0.25) is 0 Å². The van der Waals surface area contributed by atoms with Gasteiger partial charge < -0.3 is 9.52 Å². The molecule has 0 aliphatic rings. The van der Waals surface area contributed by atoms with Gasteiger partial charge in [-0.05, 0) is 48.8 Å². The van der Waals surface area contributed by atoms with Crippen molar-refractivity contribution in [1.29, 1.82) is 0 Å². The third kappa shape index (κ3) is 3.45. The highest BCUT2D eigenvalue weighted by Gasteiger charge is 2.15. The molecule has 0 radical (unpaired) electrons. The van der Waals surface area contributed by atoms with Crippen LogP contribution in [0, 0.1) is 0 Å². The molecule has 3 rings (SSSR count). The van der Waals surface area contributed by atoms with E-state index in [1.165, 1.54) is 12.1 Å². The van der Waals surface area contributed by atoms with Gasteiger partial charge in [0.25, 0.3) is 0 Å². The Bertz CT molecular complexity index is 1040. The topological polar surface area (TPSA) is 67.5 Å². The number of aromatic carboxylic acids is 1. The molecule has 0 amide bonds. The van der Waals surface area contributed by atoms with Gasteiger partial charge in [-0.25, -0.2) is 4.79 Å². The summed E-state index contributed by atoms with van der Waals surface area (Å²) in [6.45, 7) is 3.97. The van der Waals surface area contributed by atoms with Crippen LogP contribution in [-0.2, 0) is 6.42 Å². The summed E-state index contributed by atoms with van der Waals surface area (Å²) < 4.78 is 5.98. The van der Waals surface area contributed by atoms with E-state index in [9.17, 15) is 9.59 Å². The summed E-state index contributed by atoms with van der Waals surface area (Å²) in [6, 6.07) is 14.3. The van der Waals surface area contributed by atoms with Crippen LogP contribution >= 0.6 is 0 Å². The zero-order valence-electron chi connectivity index (χ0n) is 14.8. The summed E-state index contributed by atoms with van der Waals surface area (Å²) in [5.74, 6) is -0.527. The first-order valence-electron chi connectivity index (χ1n) is 8.58. The predicted molar refractivity (Wildman–Crippen MR) is 103 cm³/mol. The maximum atomic E-state index is 12.9. The van der Waals surface area contributed by atoms with Crippen molar-refractivity contribution in [2.45, 2.75) is 26.7 Å². The maximum absolute atomic E-state index is 12.9. The first kappa shape index (κ1) is 17.7. The molecule has 4 heteroatoms. The molecule has 132 valence electrons. The molecule has 0 atom stereocenters. The molecule has 0 bridgehead atoms. The highest BCUT2D eigenvalue weighted by molar-refractivity contribution is 5.93. The van der Waals surface area contributed by atoms with E-state index in [4.69, 9.17) is 9.52 Å². The molecule has 3 aromatic rings. The molecule has 0 saturated carbocycles. The molecule has 0 aliphatic carbocycles. The summed E-state index contributed by atoms with van der Waals surface area (Å²) in [5.41, 5.74) is 2.94. The summed E-state index contributed by atoms with van der Waals surface area (Å²) >= 11 is 0. The van der Waals surface area contributed by atoms with Crippen LogP contribution in [0.15, 0.2) is 57.7 Å². The van der Waals surface area contributed by atoms with Gasteiger partial charge in [-0.3, -0.25) is 4.79 Å². The molecule has 1 N–H and O–H groups in total. The minimum Gasteiger partial charge on any atom is -0.478 e. The zero-order valence-corrected chi connectivity index (χ0v) is 14.8. The molecule has 0 spiro atoms. The molecule has 2 aromatic carbocycles. The number of hydrogen-bond acceptors (Lipinski definition) is 3. The maximum Gasteiger partial charge on any atom is 0.335 e. The Morgan fingerprint density at radius 3 is 2.50 bits per heavy atom. The van der Waals surface area contributed by atoms with Crippen LogP contribution in [0.1, 0.15) is 47.5 Å². The molecule has 0 saturated heterocycles. The summed E-state index contributed by atoms with van der Waals surface area (Å²) in [5, 5.41) is 9.47. The van der Waals surface area contributed by atoms with Gasteiger partial charge in [0.1, 0.15) is 11.3 Å². The number of benzene rings is 2. The van der Waals surface area contributed by atoms with Gasteiger partial charge in [0.15, 0.2) is 5.43 Å². The van der Waals surface area contributed by atoms with Gasteiger partial charge in [0, 0.05) is 5.56 Å². The Morgan fingerprint density at radius 2 is 1.85 bits per heavy atom. The largest absolute Gasteiger partial charge is 0.478 e. The third-order valence-electron chi connectivity index (χ3n) is 4.34. The van der Waals surface area contributed by atoms with Crippen molar-refractivity contribution in [3.63, 3.8) is 0 Å². The smallest absolute Gasteiger partial charge is 0.335 e. The average molecular weight is 348 g/mol. The minimum absolute atomic E-state index is 0.0796. The van der Waals surface area contributed by atoms with E-state index < -0.39 is 5.97 Å². The second kappa shape index (κ2) is 7.40. The van der Waals surface area contributed by atoms with E-state index in [0.717, 1.165) is 17.6 Å². The van der Waals surface area contributed by atoms with Gasteiger partial charge in [0.05, 0.1) is 10.9 Å². The van der Waals surface area contributed by atoms with E-state index in [1.54, 1.807) is 6.07 Å². The predicted octanol–water partition coefficient (Wildman–Crippen LogP) is 5.00. The van der Waals surface area contributed by atoms with Crippen LogP contribution in [-0.4, -0.2) is 11.1 Å². The molecule has 4 nitrogen and oxygen atoms in total. The van der Waals surface area contributed by atoms with Crippen LogP contribution < -0.4 is 5.43 Å². The number of carboxylic acids is 1. The van der Waals surface area contributed by atoms with Gasteiger partial charge in [-0.1, -0.05) is 43.7 Å². The van der Waals surface area contributed by atoms with E-state index in [-0.39, 0.29) is 11.0 Å². The lowest BCUT2D eigenvalue weighted by molar-refractivity contribution is 0.0697. The zero-order chi connectivity index (χ0) is 18.7. The minimum atomic E-state index is -1.06. The number of rotatable bonds is 5. The van der Waals surface area contributed by atoms with Crippen LogP contribution in [0.5, 0.6) is 0 Å². The van der Waals surface area contributed by atoms with Gasteiger partial charge in [-0.2, -0.15) is 0 Å². The van der Waals surface area contributed by atoms with Gasteiger partial charge >= 0.3 is 5.97 Å². The molecular weight excluding hydrogens is 328 g/mol. The Labute approximate surface area is 151 Å². The van der Waals surface area contributed by atoms with E-state index in [1.807, 2.05) is 50.3 Å². The van der Waals surface area contributed by atoms with Gasteiger partial charge in [-0.15, -0.1) is 0 Å². The Balaban J connectivity index is 2.21. The molecule has 0 unspecified atom stereocenters. The third-order valence-corrected chi connectivity index (χ3v) is 4.34. The second-order valence-corrected chi connectivity index (χ2v) is 6.23. The van der Waals surface area contributed by atoms with Crippen LogP contribution in [0.3, 0.4) is 0 Å². The van der Waals surface area contributed by atoms with Crippen molar-refractivity contribution in [1.82, 2.24) is 0 Å². The fourth-order valence-corrected chi connectivity index (χ4v) is 2.97. The van der Waals surface area contributed by atoms with Crippen LogP contribution in [0.25, 0.3) is 22.6 Å². The van der Waals surface area contributed by atoms with E-state index >= 15 is 0 Å². The average Bonchev–Trinajstić information content (AvgIpc) is 2.65. The first-order chi connectivity index (χ1) is 12.5. The monoisotopic (exact) mass is 348 g/mol. The van der Waals surface area contributed by atoms with Crippen molar-refractivity contribution >= 4 is 28.6 Å². The lowest BCUT2D eigenvalue weighted by atomic mass is 10.0. The van der Waals surface area contributed by atoms with E-state index in [2.05, 4.69) is 0 Å². The lowest BCUT2D eigenvalue weighted by Gasteiger charge is -2.09. The van der Waals surface area contributed by atoms with E-state index in [0.29, 0.717) is 28.7 Å². The van der Waals surface area contributed by atoms with Crippen molar-refractivity contribution < 1.29 is 14.3 Å². The number of fused-ring (bicyclic) bond motifs is 1. The SMILES string of the molecule is CCCc1c(C=C(C)c2ccccc2)oc2ccc(C(=O)O)cc2c1=O. The summed E-state index contributed by atoms with van der Waals surface area (Å²) in [6.07, 6.45) is 3.25. The number of hydrogen-bond donors (Lipinski definition) is 1. The quantitative estimate of drug-likeness (QED) is 0.704. The molecular formula is C22H20O4. The van der Waals surface area contributed by atoms with Gasteiger partial charge in [0.2, 0.25) is 0 Å². The highest BCUT2D eigenvalue weighted by atomic mass is 16.4. The van der Waals surface area contributed by atoms with Crippen molar-refractivity contribution in [2.75, 3.05) is 0 Å². The van der Waals surface area contributed by atoms with Crippen LogP contribution in [0.4, 0.5) is 0 Å². The molecule has 1 aromatic heterocycles. The molecule has 26 heavy (non-hydrogen) atoms. The fraction of sp³-hybridized carbons (Fsp3) is 0.182. The van der Waals surface area contributed by atoms with Crippen molar-refractivity contribution in [2.24, 2.45) is 0 Å². The van der Waals surface area contributed by atoms with Crippen molar-refractivity contribution in [3.05, 3.63) is 81.2 Å². The number of allylic oxidation sites excluding steroid dienone is 1. The molecule has 0 aliphatic heterocycles. The standard InChI is InChI=1S/C22H20O4/c1-3-7-17-20(12-14(2)15-8-5-4-6-9-15)26-19-11-10-16(22(24)25)13-18(19)21(17)23/h4-6,8-13H,3,7H2,1-2H3,(H,24,25). The Morgan fingerprint density at radius 1 is 1.12 bits per heavy atom. The number of carboxylic acid groups (broad SMARTS) is 1. The normalized spacial score (nSPS) is 11.7. The lowest BCUT2D eigenvalue weighted by Crippen LogP contribution is -2.12. The molecule has 1 heterocycles. The Hall–Kier alpha value is -3.14. The van der Waals surface area contributed by atoms with Crippen molar-refractivity contribution in [3.8, 4) is 0 Å². The highest BCUT2D eigenvalue weighted by Crippen LogP contribution is 2.23. The number of carbonyl (C=O) groups is 1. The molecule has 0 fully saturated rings. The fourth-order valence-electron chi connectivity index (χ4n) is 2.97. The Kier molecular flexibility index (Phi) is 5.03. The first-order valence-corrected chi connectivity index (χ1v) is 8.58. The summed E-state index contributed by atoms with van der Waals surface area (Å²) in [7, 11) is 0.